The number of benzene rings is 1. The summed E-state index contributed by atoms with van der Waals surface area (Å²) < 4.78 is 0. The Morgan fingerprint density at radius 3 is 2.13 bits per heavy atom. The van der Waals surface area contributed by atoms with Crippen LogP contribution in [0.25, 0.3) is 0 Å². The summed E-state index contributed by atoms with van der Waals surface area (Å²) in [4.78, 5) is 11.7. The monoisotopic (exact) mass is 310 g/mol. The molecule has 23 heavy (non-hydrogen) atoms. The number of amides is 1. The minimum Gasteiger partial charge on any atom is -0.339 e. The molecule has 1 heterocycles. The molecular formula is C18H22N4O. The Kier molecular flexibility index (Phi) is 4.03. The van der Waals surface area contributed by atoms with Crippen molar-refractivity contribution >= 4 is 23.2 Å². The molecule has 0 atom stereocenters. The molecule has 0 radical (unpaired) electrons. The summed E-state index contributed by atoms with van der Waals surface area (Å²) in [5.41, 5.74) is 2.38. The molecule has 3 rings (SSSR count). The Bertz CT molecular complexity index is 682. The van der Waals surface area contributed by atoms with Crippen LogP contribution in [-0.2, 0) is 10.2 Å². The van der Waals surface area contributed by atoms with Crippen LogP contribution in [0.5, 0.6) is 0 Å². The van der Waals surface area contributed by atoms with Gasteiger partial charge in [-0.2, -0.15) is 0 Å². The molecule has 5 nitrogen and oxygen atoms in total. The van der Waals surface area contributed by atoms with Crippen molar-refractivity contribution in [3.05, 3.63) is 42.0 Å². The van der Waals surface area contributed by atoms with E-state index in [-0.39, 0.29) is 17.2 Å². The van der Waals surface area contributed by atoms with E-state index in [0.717, 1.165) is 18.5 Å². The van der Waals surface area contributed by atoms with E-state index in [9.17, 15) is 4.79 Å². The number of anilines is 3. The third kappa shape index (κ3) is 4.06. The number of rotatable bonds is 4. The fourth-order valence-electron chi connectivity index (χ4n) is 2.24. The number of carbonyl (C=O) groups is 1. The molecule has 1 aromatic carbocycles. The van der Waals surface area contributed by atoms with Crippen molar-refractivity contribution < 1.29 is 4.79 Å². The van der Waals surface area contributed by atoms with Crippen LogP contribution in [0, 0.1) is 5.92 Å². The van der Waals surface area contributed by atoms with E-state index in [0.29, 0.717) is 11.6 Å². The zero-order valence-corrected chi connectivity index (χ0v) is 13.8. The van der Waals surface area contributed by atoms with Gasteiger partial charge in [0.1, 0.15) is 0 Å². The van der Waals surface area contributed by atoms with E-state index in [1.807, 2.05) is 18.2 Å². The highest BCUT2D eigenvalue weighted by atomic mass is 16.2. The van der Waals surface area contributed by atoms with Gasteiger partial charge in [0.15, 0.2) is 11.6 Å². The molecule has 0 spiro atoms. The smallest absolute Gasteiger partial charge is 0.228 e. The first-order valence-electron chi connectivity index (χ1n) is 7.94. The molecule has 1 saturated carbocycles. The second-order valence-electron chi connectivity index (χ2n) is 7.02. The standard InChI is InChI=1S/C18H22N4O/c1-18(2,3)13-6-8-14(9-7-13)19-15-10-11-16(22-21-15)20-17(23)12-4-5-12/h6-12H,4-5H2,1-3H3,(H,19,21)(H,20,22,23). The maximum absolute atomic E-state index is 11.7. The number of nitrogens with one attached hydrogen (secondary N) is 2. The van der Waals surface area contributed by atoms with Crippen LogP contribution in [0.1, 0.15) is 39.2 Å². The zero-order chi connectivity index (χ0) is 16.4. The Morgan fingerprint density at radius 2 is 1.61 bits per heavy atom. The first kappa shape index (κ1) is 15.5. The molecule has 1 aromatic heterocycles. The molecule has 0 unspecified atom stereocenters. The molecule has 2 aromatic rings. The molecule has 2 N–H and O–H groups in total. The average molecular weight is 310 g/mol. The molecule has 1 amide bonds. The van der Waals surface area contributed by atoms with Gasteiger partial charge in [-0.25, -0.2) is 0 Å². The molecule has 1 aliphatic rings. The van der Waals surface area contributed by atoms with Gasteiger partial charge in [-0.1, -0.05) is 32.9 Å². The van der Waals surface area contributed by atoms with Gasteiger partial charge in [0.2, 0.25) is 5.91 Å². The van der Waals surface area contributed by atoms with Crippen molar-refractivity contribution in [2.24, 2.45) is 5.92 Å². The lowest BCUT2D eigenvalue weighted by atomic mass is 9.87. The van der Waals surface area contributed by atoms with Gasteiger partial charge in [0, 0.05) is 11.6 Å². The van der Waals surface area contributed by atoms with Crippen molar-refractivity contribution in [3.8, 4) is 0 Å². The van der Waals surface area contributed by atoms with Crippen LogP contribution in [0.3, 0.4) is 0 Å². The van der Waals surface area contributed by atoms with Crippen LogP contribution in [0.15, 0.2) is 36.4 Å². The summed E-state index contributed by atoms with van der Waals surface area (Å²) in [6, 6.07) is 11.9. The highest BCUT2D eigenvalue weighted by molar-refractivity contribution is 5.93. The quantitative estimate of drug-likeness (QED) is 0.899. The summed E-state index contributed by atoms with van der Waals surface area (Å²) in [6.07, 6.45) is 1.95. The molecule has 120 valence electrons. The van der Waals surface area contributed by atoms with Gasteiger partial charge in [0.05, 0.1) is 0 Å². The Morgan fingerprint density at radius 1 is 1.00 bits per heavy atom. The van der Waals surface area contributed by atoms with Crippen molar-refractivity contribution in [1.82, 2.24) is 10.2 Å². The zero-order valence-electron chi connectivity index (χ0n) is 13.8. The van der Waals surface area contributed by atoms with E-state index in [2.05, 4.69) is 53.7 Å². The minimum absolute atomic E-state index is 0.0396. The van der Waals surface area contributed by atoms with Gasteiger partial charge in [-0.05, 0) is 48.1 Å². The SMILES string of the molecule is CC(C)(C)c1ccc(Nc2ccc(NC(=O)C3CC3)nn2)cc1. The lowest BCUT2D eigenvalue weighted by molar-refractivity contribution is -0.117. The topological polar surface area (TPSA) is 66.9 Å². The largest absolute Gasteiger partial charge is 0.339 e. The van der Waals surface area contributed by atoms with Gasteiger partial charge >= 0.3 is 0 Å². The lowest BCUT2D eigenvalue weighted by Gasteiger charge is -2.19. The summed E-state index contributed by atoms with van der Waals surface area (Å²) in [5, 5.41) is 14.1. The molecule has 1 aliphatic carbocycles. The van der Waals surface area contributed by atoms with Gasteiger partial charge in [0.25, 0.3) is 0 Å². The predicted octanol–water partition coefficient (Wildman–Crippen LogP) is 3.87. The highest BCUT2D eigenvalue weighted by Crippen LogP contribution is 2.30. The van der Waals surface area contributed by atoms with E-state index in [4.69, 9.17) is 0 Å². The highest BCUT2D eigenvalue weighted by Gasteiger charge is 2.29. The van der Waals surface area contributed by atoms with Crippen molar-refractivity contribution in [3.63, 3.8) is 0 Å². The molecule has 5 heteroatoms. The first-order valence-corrected chi connectivity index (χ1v) is 7.94. The summed E-state index contributed by atoms with van der Waals surface area (Å²) >= 11 is 0. The predicted molar refractivity (Wildman–Crippen MR) is 91.8 cm³/mol. The van der Waals surface area contributed by atoms with Crippen molar-refractivity contribution in [1.29, 1.82) is 0 Å². The van der Waals surface area contributed by atoms with Gasteiger partial charge in [-0.15, -0.1) is 10.2 Å². The first-order chi connectivity index (χ1) is 10.9. The van der Waals surface area contributed by atoms with Crippen LogP contribution in [0.4, 0.5) is 17.3 Å². The summed E-state index contributed by atoms with van der Waals surface area (Å²) in [7, 11) is 0. The van der Waals surface area contributed by atoms with Crippen LogP contribution < -0.4 is 10.6 Å². The number of nitrogens with zero attached hydrogens (tertiary/aromatic N) is 2. The van der Waals surface area contributed by atoms with E-state index in [1.54, 1.807) is 6.07 Å². The van der Waals surface area contributed by atoms with Crippen molar-refractivity contribution in [2.45, 2.75) is 39.0 Å². The third-order valence-corrected chi connectivity index (χ3v) is 3.89. The maximum atomic E-state index is 11.7. The lowest BCUT2D eigenvalue weighted by Crippen LogP contribution is -2.14. The van der Waals surface area contributed by atoms with E-state index in [1.165, 1.54) is 5.56 Å². The van der Waals surface area contributed by atoms with Gasteiger partial charge < -0.3 is 10.6 Å². The van der Waals surface area contributed by atoms with Crippen LogP contribution >= 0.6 is 0 Å². The fourth-order valence-corrected chi connectivity index (χ4v) is 2.24. The molecule has 0 aliphatic heterocycles. The molecule has 0 bridgehead atoms. The number of aromatic nitrogens is 2. The second-order valence-corrected chi connectivity index (χ2v) is 7.02. The van der Waals surface area contributed by atoms with Crippen molar-refractivity contribution in [2.75, 3.05) is 10.6 Å². The maximum Gasteiger partial charge on any atom is 0.228 e. The Hall–Kier alpha value is -2.43. The average Bonchev–Trinajstić information content (AvgIpc) is 3.34. The third-order valence-electron chi connectivity index (χ3n) is 3.89. The number of carbonyl (C=O) groups excluding carboxylic acids is 1. The summed E-state index contributed by atoms with van der Waals surface area (Å²) in [5.74, 6) is 1.35. The summed E-state index contributed by atoms with van der Waals surface area (Å²) in [6.45, 7) is 6.57. The minimum atomic E-state index is 0.0396. The number of hydrogen-bond donors (Lipinski definition) is 2. The van der Waals surface area contributed by atoms with Crippen LogP contribution in [-0.4, -0.2) is 16.1 Å². The molecular weight excluding hydrogens is 288 g/mol. The normalized spacial score (nSPS) is 14.4. The fraction of sp³-hybridized carbons (Fsp3) is 0.389. The Labute approximate surface area is 136 Å². The van der Waals surface area contributed by atoms with E-state index >= 15 is 0 Å². The molecule has 0 saturated heterocycles. The number of hydrogen-bond acceptors (Lipinski definition) is 4. The van der Waals surface area contributed by atoms with Crippen LogP contribution in [0.2, 0.25) is 0 Å². The Balaban J connectivity index is 1.62. The van der Waals surface area contributed by atoms with E-state index < -0.39 is 0 Å². The van der Waals surface area contributed by atoms with Gasteiger partial charge in [-0.3, -0.25) is 4.79 Å². The second kappa shape index (κ2) is 5.99. The molecule has 1 fully saturated rings.